The van der Waals surface area contributed by atoms with Crippen molar-refractivity contribution in [2.75, 3.05) is 6.67 Å². The van der Waals surface area contributed by atoms with Crippen molar-refractivity contribution in [2.45, 2.75) is 64.3 Å². The lowest BCUT2D eigenvalue weighted by molar-refractivity contribution is -0.260. The largest absolute Gasteiger partial charge is 0.456 e. The van der Waals surface area contributed by atoms with Crippen LogP contribution in [0.1, 0.15) is 33.6 Å². The van der Waals surface area contributed by atoms with Gasteiger partial charge in [-0.05, 0) is 6.92 Å². The van der Waals surface area contributed by atoms with Gasteiger partial charge in [0.1, 0.15) is 24.6 Å². The summed E-state index contributed by atoms with van der Waals surface area (Å²) in [5.74, 6) is -2.37. The molecule has 1 rings (SSSR count). The van der Waals surface area contributed by atoms with Gasteiger partial charge in [-0.15, -0.1) is 0 Å². The van der Waals surface area contributed by atoms with Crippen molar-refractivity contribution in [1.82, 2.24) is 5.32 Å². The van der Waals surface area contributed by atoms with Gasteiger partial charge >= 0.3 is 11.9 Å². The van der Waals surface area contributed by atoms with E-state index < -0.39 is 55.2 Å². The van der Waals surface area contributed by atoms with Gasteiger partial charge in [-0.3, -0.25) is 14.4 Å². The van der Waals surface area contributed by atoms with Crippen molar-refractivity contribution in [2.24, 2.45) is 0 Å². The van der Waals surface area contributed by atoms with Gasteiger partial charge in [0.25, 0.3) is 0 Å². The number of Topliss-reactive ketones (excluding diaryl/α,β-unsaturated/α-hetero) is 1. The second kappa shape index (κ2) is 9.42. The van der Waals surface area contributed by atoms with Crippen LogP contribution >= 0.6 is 0 Å². The molecule has 1 amide bonds. The topological polar surface area (TPSA) is 128 Å². The molecule has 0 aromatic carbocycles. The number of halogens is 1. The third-order valence-corrected chi connectivity index (χ3v) is 3.45. The minimum Gasteiger partial charge on any atom is -0.456 e. The highest BCUT2D eigenvalue weighted by Gasteiger charge is 2.50. The highest BCUT2D eigenvalue weighted by molar-refractivity contribution is 5.83. The molecule has 0 aromatic heterocycles. The van der Waals surface area contributed by atoms with Crippen LogP contribution in [-0.2, 0) is 33.4 Å². The Balaban J connectivity index is 3.00. The van der Waals surface area contributed by atoms with E-state index in [1.807, 2.05) is 0 Å². The number of hydrogen-bond donors (Lipinski definition) is 2. The first-order valence-corrected chi connectivity index (χ1v) is 7.68. The average molecular weight is 363 g/mol. The molecule has 1 fully saturated rings. The fraction of sp³-hybridized carbons (Fsp3) is 0.733. The Morgan fingerprint density at radius 1 is 1.04 bits per heavy atom. The Labute approximate surface area is 143 Å². The number of ketones is 1. The summed E-state index contributed by atoms with van der Waals surface area (Å²) in [7, 11) is 0. The molecule has 0 aliphatic carbocycles. The summed E-state index contributed by atoms with van der Waals surface area (Å²) in [6, 6.07) is -1.30. The molecule has 0 saturated carbocycles. The molecule has 5 atom stereocenters. The van der Waals surface area contributed by atoms with Crippen LogP contribution in [-0.4, -0.2) is 66.1 Å². The number of ether oxygens (including phenoxy) is 3. The Morgan fingerprint density at radius 3 is 2.08 bits per heavy atom. The van der Waals surface area contributed by atoms with Crippen molar-refractivity contribution in [3.63, 3.8) is 0 Å². The number of nitrogens with one attached hydrogen (secondary N) is 1. The van der Waals surface area contributed by atoms with Gasteiger partial charge in [0.2, 0.25) is 5.91 Å². The number of esters is 2. The highest BCUT2D eigenvalue weighted by atomic mass is 19.1. The molecule has 25 heavy (non-hydrogen) atoms. The average Bonchev–Trinajstić information content (AvgIpc) is 2.50. The molecular formula is C15H22FNO8. The lowest BCUT2D eigenvalue weighted by atomic mass is 9.96. The first kappa shape index (κ1) is 21.0. The van der Waals surface area contributed by atoms with Crippen molar-refractivity contribution in [3.05, 3.63) is 0 Å². The van der Waals surface area contributed by atoms with Crippen LogP contribution in [0.5, 0.6) is 0 Å². The maximum absolute atomic E-state index is 13.2. The zero-order valence-corrected chi connectivity index (χ0v) is 14.2. The predicted octanol–water partition coefficient (Wildman–Crippen LogP) is -0.609. The van der Waals surface area contributed by atoms with Gasteiger partial charge in [0.15, 0.2) is 18.5 Å². The van der Waals surface area contributed by atoms with E-state index >= 15 is 0 Å². The molecule has 1 saturated heterocycles. The number of alkyl halides is 1. The molecule has 0 bridgehead atoms. The molecule has 9 nitrogen and oxygen atoms in total. The van der Waals surface area contributed by atoms with Crippen LogP contribution in [0.2, 0.25) is 0 Å². The molecule has 0 unspecified atom stereocenters. The van der Waals surface area contributed by atoms with Crippen molar-refractivity contribution in [1.29, 1.82) is 0 Å². The summed E-state index contributed by atoms with van der Waals surface area (Å²) in [4.78, 5) is 45.5. The van der Waals surface area contributed by atoms with Gasteiger partial charge < -0.3 is 29.4 Å². The maximum atomic E-state index is 13.2. The van der Waals surface area contributed by atoms with E-state index in [1.54, 1.807) is 0 Å². The predicted molar refractivity (Wildman–Crippen MR) is 79.8 cm³/mol. The number of carbonyl (C=O) groups is 4. The van der Waals surface area contributed by atoms with E-state index in [0.717, 1.165) is 13.8 Å². The van der Waals surface area contributed by atoms with E-state index in [1.165, 1.54) is 6.92 Å². The fourth-order valence-electron chi connectivity index (χ4n) is 2.41. The third kappa shape index (κ3) is 6.39. The van der Waals surface area contributed by atoms with Crippen LogP contribution in [0.15, 0.2) is 0 Å². The van der Waals surface area contributed by atoms with Gasteiger partial charge in [-0.25, -0.2) is 4.39 Å². The molecular weight excluding hydrogens is 341 g/mol. The Hall–Kier alpha value is -2.07. The first-order valence-electron chi connectivity index (χ1n) is 7.68. The van der Waals surface area contributed by atoms with Crippen LogP contribution in [0.25, 0.3) is 0 Å². The molecule has 1 aliphatic rings. The lowest BCUT2D eigenvalue weighted by Gasteiger charge is -2.43. The first-order chi connectivity index (χ1) is 11.6. The summed E-state index contributed by atoms with van der Waals surface area (Å²) in [5.41, 5.74) is 0. The van der Waals surface area contributed by atoms with Crippen LogP contribution in [0.4, 0.5) is 4.39 Å². The smallest absolute Gasteiger partial charge is 0.303 e. The molecule has 2 N–H and O–H groups in total. The SMILES string of the molecule is CC(=O)CCC(=O)N[C@@H]1[C@@H](OC(C)=O)[C@H](OC(C)=O)[C@@H](CF)O[C@@H]1O. The van der Waals surface area contributed by atoms with Crippen molar-refractivity contribution in [3.8, 4) is 0 Å². The van der Waals surface area contributed by atoms with Gasteiger partial charge in [-0.2, -0.15) is 0 Å². The summed E-state index contributed by atoms with van der Waals surface area (Å²) >= 11 is 0. The van der Waals surface area contributed by atoms with Gasteiger partial charge in [-0.1, -0.05) is 0 Å². The number of amides is 1. The summed E-state index contributed by atoms with van der Waals surface area (Å²) < 4.78 is 28.2. The molecule has 0 spiro atoms. The summed E-state index contributed by atoms with van der Waals surface area (Å²) in [6.45, 7) is 2.35. The molecule has 10 heteroatoms. The zero-order chi connectivity index (χ0) is 19.1. The normalized spacial score (nSPS) is 28.8. The quantitative estimate of drug-likeness (QED) is 0.573. The molecule has 1 heterocycles. The Kier molecular flexibility index (Phi) is 7.91. The van der Waals surface area contributed by atoms with Crippen molar-refractivity contribution >= 4 is 23.6 Å². The second-order valence-corrected chi connectivity index (χ2v) is 5.66. The van der Waals surface area contributed by atoms with E-state index in [0.29, 0.717) is 0 Å². The molecule has 142 valence electrons. The minimum absolute atomic E-state index is 0.0196. The number of aliphatic hydroxyl groups is 1. The van der Waals surface area contributed by atoms with E-state index in [4.69, 9.17) is 14.2 Å². The van der Waals surface area contributed by atoms with Crippen molar-refractivity contribution < 1.29 is 42.9 Å². The van der Waals surface area contributed by atoms with E-state index in [-0.39, 0.29) is 18.6 Å². The lowest BCUT2D eigenvalue weighted by Crippen LogP contribution is -2.65. The number of hydrogen-bond acceptors (Lipinski definition) is 8. The Bertz CT molecular complexity index is 526. The van der Waals surface area contributed by atoms with Gasteiger partial charge in [0.05, 0.1) is 0 Å². The third-order valence-electron chi connectivity index (χ3n) is 3.45. The molecule has 0 aromatic rings. The number of aliphatic hydroxyl groups excluding tert-OH is 1. The van der Waals surface area contributed by atoms with Crippen LogP contribution in [0.3, 0.4) is 0 Å². The summed E-state index contributed by atoms with van der Waals surface area (Å²) in [6.07, 6.45) is -5.95. The van der Waals surface area contributed by atoms with Crippen LogP contribution < -0.4 is 5.32 Å². The van der Waals surface area contributed by atoms with Gasteiger partial charge in [0, 0.05) is 26.7 Å². The number of rotatable bonds is 7. The summed E-state index contributed by atoms with van der Waals surface area (Å²) in [5, 5.41) is 12.4. The maximum Gasteiger partial charge on any atom is 0.303 e. The Morgan fingerprint density at radius 2 is 1.60 bits per heavy atom. The monoisotopic (exact) mass is 363 g/mol. The van der Waals surface area contributed by atoms with E-state index in [2.05, 4.69) is 5.32 Å². The minimum atomic E-state index is -1.70. The highest BCUT2D eigenvalue weighted by Crippen LogP contribution is 2.26. The fourth-order valence-corrected chi connectivity index (χ4v) is 2.41. The van der Waals surface area contributed by atoms with E-state index in [9.17, 15) is 28.7 Å². The second-order valence-electron chi connectivity index (χ2n) is 5.66. The number of carbonyl (C=O) groups excluding carboxylic acids is 4. The van der Waals surface area contributed by atoms with Crippen LogP contribution in [0, 0.1) is 0 Å². The molecule has 1 aliphatic heterocycles. The molecule has 0 radical (unpaired) electrons. The zero-order valence-electron chi connectivity index (χ0n) is 14.2. The standard InChI is InChI=1S/C15H22FNO8/c1-7(18)4-5-11(21)17-12-14(24-9(3)20)13(23-8(2)19)10(6-16)25-15(12)22/h10,12-15,22H,4-6H2,1-3H3,(H,17,21)/t10-,12-,13-,14-,15+/m1/s1.